The molecular weight excluding hydrogens is 398 g/mol. The lowest BCUT2D eigenvalue weighted by molar-refractivity contribution is 0.0727. The summed E-state index contributed by atoms with van der Waals surface area (Å²) in [6.07, 6.45) is 2.04. The Bertz CT molecular complexity index is 804. The molecule has 0 aromatic heterocycles. The van der Waals surface area contributed by atoms with Gasteiger partial charge in [0.2, 0.25) is 0 Å². The van der Waals surface area contributed by atoms with E-state index in [1.54, 1.807) is 27.4 Å². The molecule has 2 aromatic rings. The van der Waals surface area contributed by atoms with Crippen molar-refractivity contribution in [3.63, 3.8) is 0 Å². The first-order valence-corrected chi connectivity index (χ1v) is 9.22. The molecular formula is C20H22BrNO4. The first kappa shape index (κ1) is 18.6. The lowest BCUT2D eigenvalue weighted by Gasteiger charge is -2.24. The van der Waals surface area contributed by atoms with Gasteiger partial charge >= 0.3 is 0 Å². The predicted molar refractivity (Wildman–Crippen MR) is 103 cm³/mol. The Kier molecular flexibility index (Phi) is 5.71. The molecule has 1 aliphatic rings. The Hall–Kier alpha value is -2.21. The zero-order chi connectivity index (χ0) is 18.7. The maximum absolute atomic E-state index is 13.2. The standard InChI is InChI=1S/C20H22BrNO4/c1-24-15-8-9-18(21)17(10-15)20(23)22(14-5-6-14)12-13-4-7-16(25-2)11-19(13)26-3/h4,7-11,14H,5-6,12H2,1-3H3. The van der Waals surface area contributed by atoms with Gasteiger partial charge in [-0.1, -0.05) is 0 Å². The normalized spacial score (nSPS) is 13.2. The molecule has 0 N–H and O–H groups in total. The van der Waals surface area contributed by atoms with Crippen molar-refractivity contribution in [3.8, 4) is 17.2 Å². The molecule has 0 atom stereocenters. The van der Waals surface area contributed by atoms with Crippen LogP contribution >= 0.6 is 15.9 Å². The first-order chi connectivity index (χ1) is 12.6. The molecule has 0 saturated heterocycles. The molecule has 6 heteroatoms. The van der Waals surface area contributed by atoms with Crippen LogP contribution in [-0.4, -0.2) is 38.2 Å². The third-order valence-corrected chi connectivity index (χ3v) is 5.18. The number of halogens is 1. The average Bonchev–Trinajstić information content (AvgIpc) is 3.51. The van der Waals surface area contributed by atoms with Crippen LogP contribution in [0.25, 0.3) is 0 Å². The van der Waals surface area contributed by atoms with E-state index in [4.69, 9.17) is 14.2 Å². The summed E-state index contributed by atoms with van der Waals surface area (Å²) in [5.41, 5.74) is 1.55. The molecule has 26 heavy (non-hydrogen) atoms. The topological polar surface area (TPSA) is 48.0 Å². The monoisotopic (exact) mass is 419 g/mol. The maximum atomic E-state index is 13.2. The van der Waals surface area contributed by atoms with E-state index in [2.05, 4.69) is 15.9 Å². The van der Waals surface area contributed by atoms with Gasteiger partial charge in [0.1, 0.15) is 17.2 Å². The van der Waals surface area contributed by atoms with E-state index in [0.29, 0.717) is 23.6 Å². The van der Waals surface area contributed by atoms with Gasteiger partial charge in [-0.25, -0.2) is 0 Å². The Balaban J connectivity index is 1.90. The van der Waals surface area contributed by atoms with Gasteiger partial charge in [-0.2, -0.15) is 0 Å². The van der Waals surface area contributed by atoms with Crippen molar-refractivity contribution in [3.05, 3.63) is 52.0 Å². The summed E-state index contributed by atoms with van der Waals surface area (Å²) in [5, 5.41) is 0. The largest absolute Gasteiger partial charge is 0.497 e. The SMILES string of the molecule is COc1ccc(CN(C(=O)c2cc(OC)ccc2Br)C2CC2)c(OC)c1. The van der Waals surface area contributed by atoms with Crippen LogP contribution in [0.5, 0.6) is 17.2 Å². The number of carbonyl (C=O) groups is 1. The molecule has 138 valence electrons. The maximum Gasteiger partial charge on any atom is 0.255 e. The summed E-state index contributed by atoms with van der Waals surface area (Å²) < 4.78 is 16.8. The van der Waals surface area contributed by atoms with Gasteiger partial charge in [0.05, 0.1) is 26.9 Å². The highest BCUT2D eigenvalue weighted by Crippen LogP contribution is 2.34. The number of benzene rings is 2. The van der Waals surface area contributed by atoms with Crippen LogP contribution in [0.15, 0.2) is 40.9 Å². The van der Waals surface area contributed by atoms with Crippen LogP contribution in [0.1, 0.15) is 28.8 Å². The number of nitrogens with zero attached hydrogens (tertiary/aromatic N) is 1. The van der Waals surface area contributed by atoms with Crippen LogP contribution in [0.2, 0.25) is 0 Å². The lowest BCUT2D eigenvalue weighted by Crippen LogP contribution is -2.33. The molecule has 0 bridgehead atoms. The minimum Gasteiger partial charge on any atom is -0.497 e. The van der Waals surface area contributed by atoms with Gasteiger partial charge in [0.15, 0.2) is 0 Å². The van der Waals surface area contributed by atoms with E-state index in [0.717, 1.165) is 28.6 Å². The molecule has 0 unspecified atom stereocenters. The van der Waals surface area contributed by atoms with Crippen molar-refractivity contribution in [2.75, 3.05) is 21.3 Å². The number of rotatable bonds is 7. The van der Waals surface area contributed by atoms with E-state index in [-0.39, 0.29) is 11.9 Å². The molecule has 1 saturated carbocycles. The molecule has 0 spiro atoms. The molecule has 0 heterocycles. The van der Waals surface area contributed by atoms with Gasteiger partial charge < -0.3 is 19.1 Å². The highest BCUT2D eigenvalue weighted by Gasteiger charge is 2.34. The van der Waals surface area contributed by atoms with Gasteiger partial charge in [-0.3, -0.25) is 4.79 Å². The molecule has 0 aliphatic heterocycles. The number of ether oxygens (including phenoxy) is 3. The number of hydrogen-bond acceptors (Lipinski definition) is 4. The number of carbonyl (C=O) groups excluding carboxylic acids is 1. The quantitative estimate of drug-likeness (QED) is 0.671. The molecule has 5 nitrogen and oxygen atoms in total. The molecule has 3 rings (SSSR count). The van der Waals surface area contributed by atoms with Crippen molar-refractivity contribution in [2.45, 2.75) is 25.4 Å². The predicted octanol–water partition coefficient (Wildman–Crippen LogP) is 4.28. The Morgan fingerprint density at radius 2 is 1.69 bits per heavy atom. The summed E-state index contributed by atoms with van der Waals surface area (Å²) in [7, 11) is 4.84. The van der Waals surface area contributed by atoms with Gasteiger partial charge in [-0.05, 0) is 59.1 Å². The number of amides is 1. The van der Waals surface area contributed by atoms with Gasteiger partial charge in [0, 0.05) is 28.7 Å². The van der Waals surface area contributed by atoms with Gasteiger partial charge in [-0.15, -0.1) is 0 Å². The summed E-state index contributed by atoms with van der Waals surface area (Å²) in [5.74, 6) is 2.09. The second kappa shape index (κ2) is 7.99. The Morgan fingerprint density at radius 1 is 1.04 bits per heavy atom. The van der Waals surface area contributed by atoms with E-state index < -0.39 is 0 Å². The van der Waals surface area contributed by atoms with E-state index in [1.165, 1.54) is 0 Å². The van der Waals surface area contributed by atoms with Crippen LogP contribution in [0.3, 0.4) is 0 Å². The third kappa shape index (κ3) is 3.96. The number of methoxy groups -OCH3 is 3. The van der Waals surface area contributed by atoms with Gasteiger partial charge in [0.25, 0.3) is 5.91 Å². The molecule has 1 aliphatic carbocycles. The molecule has 2 aromatic carbocycles. The molecule has 0 radical (unpaired) electrons. The van der Waals surface area contributed by atoms with Crippen molar-refractivity contribution in [2.24, 2.45) is 0 Å². The minimum absolute atomic E-state index is 0.0175. The summed E-state index contributed by atoms with van der Waals surface area (Å²) in [6.45, 7) is 0.486. The number of hydrogen-bond donors (Lipinski definition) is 0. The third-order valence-electron chi connectivity index (χ3n) is 4.49. The fourth-order valence-electron chi connectivity index (χ4n) is 2.87. The lowest BCUT2D eigenvalue weighted by atomic mass is 10.1. The zero-order valence-electron chi connectivity index (χ0n) is 15.1. The van der Waals surface area contributed by atoms with E-state index >= 15 is 0 Å². The smallest absolute Gasteiger partial charge is 0.255 e. The average molecular weight is 420 g/mol. The summed E-state index contributed by atoms with van der Waals surface area (Å²) >= 11 is 3.49. The fraction of sp³-hybridized carbons (Fsp3) is 0.350. The van der Waals surface area contributed by atoms with Crippen LogP contribution < -0.4 is 14.2 Å². The van der Waals surface area contributed by atoms with Crippen LogP contribution in [0, 0.1) is 0 Å². The van der Waals surface area contributed by atoms with Crippen molar-refractivity contribution >= 4 is 21.8 Å². The summed E-state index contributed by atoms with van der Waals surface area (Å²) in [4.78, 5) is 15.1. The van der Waals surface area contributed by atoms with E-state index in [1.807, 2.05) is 35.2 Å². The minimum atomic E-state index is -0.0175. The fourth-order valence-corrected chi connectivity index (χ4v) is 3.29. The van der Waals surface area contributed by atoms with Crippen molar-refractivity contribution in [1.82, 2.24) is 4.90 Å². The Morgan fingerprint density at radius 3 is 2.31 bits per heavy atom. The van der Waals surface area contributed by atoms with Crippen molar-refractivity contribution in [1.29, 1.82) is 0 Å². The highest BCUT2D eigenvalue weighted by molar-refractivity contribution is 9.10. The summed E-state index contributed by atoms with van der Waals surface area (Å²) in [6, 6.07) is 11.4. The zero-order valence-corrected chi connectivity index (χ0v) is 16.7. The highest BCUT2D eigenvalue weighted by atomic mass is 79.9. The molecule has 1 amide bonds. The Labute approximate surface area is 162 Å². The first-order valence-electron chi connectivity index (χ1n) is 8.42. The van der Waals surface area contributed by atoms with Crippen molar-refractivity contribution < 1.29 is 19.0 Å². The second-order valence-electron chi connectivity index (χ2n) is 6.19. The second-order valence-corrected chi connectivity index (χ2v) is 7.04. The van der Waals surface area contributed by atoms with Crippen LogP contribution in [0.4, 0.5) is 0 Å². The van der Waals surface area contributed by atoms with Crippen LogP contribution in [-0.2, 0) is 6.54 Å². The molecule has 1 fully saturated rings. The van der Waals surface area contributed by atoms with E-state index in [9.17, 15) is 4.79 Å².